The van der Waals surface area contributed by atoms with Crippen LogP contribution in [0.15, 0.2) is 64.7 Å². The molecule has 26 heavy (non-hydrogen) atoms. The second-order valence-corrected chi connectivity index (χ2v) is 7.90. The number of carboxylic acid groups (broad SMARTS) is 1. The molecule has 0 aliphatic carbocycles. The van der Waals surface area contributed by atoms with Gasteiger partial charge in [0.05, 0.1) is 0 Å². The van der Waals surface area contributed by atoms with Crippen LogP contribution < -0.4 is 0 Å². The molecule has 0 saturated carbocycles. The summed E-state index contributed by atoms with van der Waals surface area (Å²) < 4.78 is 0.928. The third-order valence-electron chi connectivity index (χ3n) is 3.84. The summed E-state index contributed by atoms with van der Waals surface area (Å²) in [5.41, 5.74) is 2.22. The van der Waals surface area contributed by atoms with Crippen LogP contribution in [0.4, 0.5) is 0 Å². The average molecular weight is 413 g/mol. The van der Waals surface area contributed by atoms with E-state index in [0.717, 1.165) is 15.6 Å². The van der Waals surface area contributed by atoms with Crippen LogP contribution in [0, 0.1) is 5.41 Å². The maximum absolute atomic E-state index is 12.2. The minimum Gasteiger partial charge on any atom is -0.478 e. The van der Waals surface area contributed by atoms with Gasteiger partial charge in [-0.15, -0.1) is 0 Å². The zero-order valence-corrected chi connectivity index (χ0v) is 16.6. The lowest BCUT2D eigenvalue weighted by atomic mass is 9.85. The van der Waals surface area contributed by atoms with Gasteiger partial charge in [0, 0.05) is 15.6 Å². The number of carboxylic acids is 1. The van der Waals surface area contributed by atoms with Crippen molar-refractivity contribution in [2.24, 2.45) is 5.41 Å². The molecule has 2 rings (SSSR count). The number of allylic oxidation sites excluding steroid dienone is 1. The molecule has 0 amide bonds. The van der Waals surface area contributed by atoms with Crippen molar-refractivity contribution in [2.45, 2.75) is 20.8 Å². The number of halogens is 1. The predicted octanol–water partition coefficient (Wildman–Crippen LogP) is 5.86. The van der Waals surface area contributed by atoms with Gasteiger partial charge in [0.25, 0.3) is 0 Å². The van der Waals surface area contributed by atoms with E-state index < -0.39 is 11.4 Å². The normalized spacial score (nSPS) is 12.4. The lowest BCUT2D eigenvalue weighted by molar-refractivity contribution is -0.133. The van der Waals surface area contributed by atoms with Crippen molar-refractivity contribution >= 4 is 39.8 Å². The molecule has 0 aliphatic heterocycles. The van der Waals surface area contributed by atoms with Crippen molar-refractivity contribution in [2.75, 3.05) is 0 Å². The Morgan fingerprint density at radius 3 is 1.96 bits per heavy atom. The number of benzene rings is 2. The fraction of sp³-hybridized carbons (Fsp3) is 0.182. The Balaban J connectivity index is 2.15. The van der Waals surface area contributed by atoms with Crippen molar-refractivity contribution in [1.29, 1.82) is 0 Å². The number of hydrogen-bond acceptors (Lipinski definition) is 2. The molecule has 0 fully saturated rings. The van der Waals surface area contributed by atoms with E-state index in [2.05, 4.69) is 15.9 Å². The van der Waals surface area contributed by atoms with E-state index >= 15 is 0 Å². The van der Waals surface area contributed by atoms with Gasteiger partial charge < -0.3 is 5.11 Å². The zero-order valence-electron chi connectivity index (χ0n) is 15.0. The molecule has 4 heteroatoms. The smallest absolute Gasteiger partial charge is 0.332 e. The van der Waals surface area contributed by atoms with Crippen LogP contribution in [0.5, 0.6) is 0 Å². The summed E-state index contributed by atoms with van der Waals surface area (Å²) in [6, 6.07) is 14.6. The molecule has 0 atom stereocenters. The second kappa shape index (κ2) is 8.28. The first kappa shape index (κ1) is 19.9. The maximum Gasteiger partial charge on any atom is 0.332 e. The number of rotatable bonds is 5. The Morgan fingerprint density at radius 1 is 0.923 bits per heavy atom. The monoisotopic (exact) mass is 412 g/mol. The van der Waals surface area contributed by atoms with Gasteiger partial charge in [-0.3, -0.25) is 4.79 Å². The largest absolute Gasteiger partial charge is 0.478 e. The van der Waals surface area contributed by atoms with Crippen LogP contribution >= 0.6 is 15.9 Å². The van der Waals surface area contributed by atoms with Gasteiger partial charge >= 0.3 is 5.97 Å². The highest BCUT2D eigenvalue weighted by atomic mass is 79.9. The van der Waals surface area contributed by atoms with Gasteiger partial charge in [-0.25, -0.2) is 4.79 Å². The minimum atomic E-state index is -0.915. The minimum absolute atomic E-state index is 0.0673. The van der Waals surface area contributed by atoms with Crippen molar-refractivity contribution < 1.29 is 14.7 Å². The first-order valence-electron chi connectivity index (χ1n) is 8.20. The summed E-state index contributed by atoms with van der Waals surface area (Å²) in [6.07, 6.45) is 4.97. The van der Waals surface area contributed by atoms with E-state index in [0.29, 0.717) is 11.1 Å². The number of aliphatic carboxylic acids is 1. The standard InChI is InChI=1S/C22H21BrO3/c1-22(2,3)19(21(25)26)14-16-6-4-15(5-7-16)8-13-20(24)17-9-11-18(23)12-10-17/h4-14H,1-3H3,(H,25,26). The number of carbonyl (C=O) groups excluding carboxylic acids is 1. The summed E-state index contributed by atoms with van der Waals surface area (Å²) in [5, 5.41) is 9.38. The number of hydrogen-bond donors (Lipinski definition) is 1. The molecular weight excluding hydrogens is 392 g/mol. The third-order valence-corrected chi connectivity index (χ3v) is 4.37. The SMILES string of the molecule is CC(C)(C)C(=Cc1ccc(C=CC(=O)c2ccc(Br)cc2)cc1)C(=O)O. The van der Waals surface area contributed by atoms with Gasteiger partial charge in [0.2, 0.25) is 0 Å². The highest BCUT2D eigenvalue weighted by Gasteiger charge is 2.23. The van der Waals surface area contributed by atoms with Crippen LogP contribution in [-0.4, -0.2) is 16.9 Å². The average Bonchev–Trinajstić information content (AvgIpc) is 2.58. The van der Waals surface area contributed by atoms with Gasteiger partial charge in [-0.2, -0.15) is 0 Å². The molecular formula is C22H21BrO3. The lowest BCUT2D eigenvalue weighted by Crippen LogP contribution is -2.17. The molecule has 2 aromatic carbocycles. The summed E-state index contributed by atoms with van der Waals surface area (Å²) in [4.78, 5) is 23.6. The lowest BCUT2D eigenvalue weighted by Gasteiger charge is -2.19. The zero-order chi connectivity index (χ0) is 19.3. The van der Waals surface area contributed by atoms with E-state index in [1.54, 1.807) is 24.3 Å². The first-order valence-corrected chi connectivity index (χ1v) is 8.99. The van der Waals surface area contributed by atoms with Crippen LogP contribution in [0.2, 0.25) is 0 Å². The summed E-state index contributed by atoms with van der Waals surface area (Å²) in [6.45, 7) is 5.62. The summed E-state index contributed by atoms with van der Waals surface area (Å²) >= 11 is 3.34. The quantitative estimate of drug-likeness (QED) is 0.494. The fourth-order valence-corrected chi connectivity index (χ4v) is 2.62. The van der Waals surface area contributed by atoms with Gasteiger partial charge in [-0.1, -0.05) is 67.0 Å². The number of ketones is 1. The van der Waals surface area contributed by atoms with Gasteiger partial charge in [0.15, 0.2) is 5.78 Å². The van der Waals surface area contributed by atoms with Crippen LogP contribution in [0.3, 0.4) is 0 Å². The van der Waals surface area contributed by atoms with Crippen molar-refractivity contribution in [1.82, 2.24) is 0 Å². The third kappa shape index (κ3) is 5.53. The Kier molecular flexibility index (Phi) is 6.32. The molecule has 0 saturated heterocycles. The van der Waals surface area contributed by atoms with Crippen LogP contribution in [0.25, 0.3) is 12.2 Å². The Morgan fingerprint density at radius 2 is 1.46 bits per heavy atom. The highest BCUT2D eigenvalue weighted by molar-refractivity contribution is 9.10. The fourth-order valence-electron chi connectivity index (χ4n) is 2.35. The van der Waals surface area contributed by atoms with E-state index in [1.807, 2.05) is 57.2 Å². The van der Waals surface area contributed by atoms with Crippen molar-refractivity contribution in [3.8, 4) is 0 Å². The molecule has 0 aromatic heterocycles. The highest BCUT2D eigenvalue weighted by Crippen LogP contribution is 2.27. The summed E-state index contributed by atoms with van der Waals surface area (Å²) in [5.74, 6) is -0.982. The maximum atomic E-state index is 12.2. The van der Waals surface area contributed by atoms with Gasteiger partial charge in [0.1, 0.15) is 0 Å². The molecule has 0 radical (unpaired) electrons. The molecule has 0 bridgehead atoms. The second-order valence-electron chi connectivity index (χ2n) is 6.98. The van der Waals surface area contributed by atoms with Crippen molar-refractivity contribution in [3.63, 3.8) is 0 Å². The predicted molar refractivity (Wildman–Crippen MR) is 109 cm³/mol. The molecule has 0 unspecified atom stereocenters. The molecule has 134 valence electrons. The van der Waals surface area contributed by atoms with E-state index in [-0.39, 0.29) is 5.78 Å². The van der Waals surface area contributed by atoms with Crippen LogP contribution in [-0.2, 0) is 4.79 Å². The summed E-state index contributed by atoms with van der Waals surface area (Å²) in [7, 11) is 0. The van der Waals surface area contributed by atoms with Crippen molar-refractivity contribution in [3.05, 3.63) is 81.3 Å². The molecule has 0 heterocycles. The van der Waals surface area contributed by atoms with E-state index in [4.69, 9.17) is 0 Å². The molecule has 1 N–H and O–H groups in total. The topological polar surface area (TPSA) is 54.4 Å². The van der Waals surface area contributed by atoms with E-state index in [9.17, 15) is 14.7 Å². The molecule has 2 aromatic rings. The Labute approximate surface area is 162 Å². The van der Waals surface area contributed by atoms with Gasteiger partial charge in [-0.05, 0) is 53.0 Å². The molecule has 3 nitrogen and oxygen atoms in total. The first-order chi connectivity index (χ1) is 12.2. The molecule has 0 spiro atoms. The van der Waals surface area contributed by atoms with E-state index in [1.165, 1.54) is 6.08 Å². The Bertz CT molecular complexity index is 852. The Hall–Kier alpha value is -2.46. The van der Waals surface area contributed by atoms with Crippen LogP contribution in [0.1, 0.15) is 42.3 Å². The molecule has 0 aliphatic rings. The number of carbonyl (C=O) groups is 2.